The number of nitrogens with one attached hydrogen (secondary N) is 1. The van der Waals surface area contributed by atoms with Gasteiger partial charge in [0.15, 0.2) is 0 Å². The lowest BCUT2D eigenvalue weighted by Gasteiger charge is -2.30. The third-order valence-corrected chi connectivity index (χ3v) is 4.36. The van der Waals surface area contributed by atoms with Gasteiger partial charge in [0.25, 0.3) is 0 Å². The molecule has 3 nitrogen and oxygen atoms in total. The van der Waals surface area contributed by atoms with E-state index in [2.05, 4.69) is 5.32 Å². The van der Waals surface area contributed by atoms with E-state index in [0.29, 0.717) is 6.54 Å². The van der Waals surface area contributed by atoms with Crippen LogP contribution in [0.3, 0.4) is 0 Å². The molecule has 1 fully saturated rings. The largest absolute Gasteiger partial charge is 0.396 e. The van der Waals surface area contributed by atoms with Crippen LogP contribution < -0.4 is 5.32 Å². The van der Waals surface area contributed by atoms with Crippen LogP contribution in [0, 0.1) is 5.41 Å². The van der Waals surface area contributed by atoms with Crippen LogP contribution in [0.25, 0.3) is 0 Å². The van der Waals surface area contributed by atoms with Crippen molar-refractivity contribution in [2.24, 2.45) is 5.41 Å². The lowest BCUT2D eigenvalue weighted by molar-refractivity contribution is 0.0488. The van der Waals surface area contributed by atoms with Crippen molar-refractivity contribution in [1.29, 1.82) is 0 Å². The lowest BCUT2D eigenvalue weighted by atomic mass is 9.86. The Morgan fingerprint density at radius 1 is 1.21 bits per heavy atom. The van der Waals surface area contributed by atoms with E-state index in [0.717, 1.165) is 24.9 Å². The number of benzene rings is 1. The zero-order chi connectivity index (χ0) is 13.8. The fraction of sp³-hybridized carbons (Fsp3) is 0.625. The Bertz CT molecular complexity index is 383. The van der Waals surface area contributed by atoms with Gasteiger partial charge in [-0.25, -0.2) is 0 Å². The number of hydrogen-bond donors (Lipinski definition) is 3. The molecule has 3 N–H and O–H groups in total. The second kappa shape index (κ2) is 6.04. The second-order valence-electron chi connectivity index (χ2n) is 6.11. The van der Waals surface area contributed by atoms with Gasteiger partial charge in [-0.3, -0.25) is 0 Å². The molecule has 2 rings (SSSR count). The van der Waals surface area contributed by atoms with Gasteiger partial charge in [0.2, 0.25) is 0 Å². The van der Waals surface area contributed by atoms with Crippen LogP contribution in [-0.4, -0.2) is 29.9 Å². The quantitative estimate of drug-likeness (QED) is 0.736. The highest BCUT2D eigenvalue weighted by atomic mass is 16.3. The molecule has 1 aromatic rings. The monoisotopic (exact) mass is 263 g/mol. The van der Waals surface area contributed by atoms with Gasteiger partial charge in [0.05, 0.1) is 5.60 Å². The molecular weight excluding hydrogens is 238 g/mol. The summed E-state index contributed by atoms with van der Waals surface area (Å²) in [7, 11) is 0. The van der Waals surface area contributed by atoms with Gasteiger partial charge < -0.3 is 15.5 Å². The van der Waals surface area contributed by atoms with Crippen molar-refractivity contribution >= 4 is 0 Å². The summed E-state index contributed by atoms with van der Waals surface area (Å²) in [5, 5.41) is 23.4. The van der Waals surface area contributed by atoms with E-state index in [-0.39, 0.29) is 12.0 Å². The van der Waals surface area contributed by atoms with Gasteiger partial charge in [-0.15, -0.1) is 0 Å². The van der Waals surface area contributed by atoms with Crippen molar-refractivity contribution < 1.29 is 10.2 Å². The Labute approximate surface area is 115 Å². The zero-order valence-corrected chi connectivity index (χ0v) is 11.7. The molecule has 0 bridgehead atoms. The van der Waals surface area contributed by atoms with E-state index in [4.69, 9.17) is 0 Å². The highest BCUT2D eigenvalue weighted by molar-refractivity contribution is 5.21. The molecule has 3 heteroatoms. The number of rotatable bonds is 6. The van der Waals surface area contributed by atoms with Gasteiger partial charge in [0.1, 0.15) is 0 Å². The number of hydrogen-bond acceptors (Lipinski definition) is 3. The minimum absolute atomic E-state index is 0.0345. The SMILES string of the molecule is CC(O)(CNCC1(CO)CCCC1)c1ccccc1. The third-order valence-electron chi connectivity index (χ3n) is 4.36. The topological polar surface area (TPSA) is 52.5 Å². The lowest BCUT2D eigenvalue weighted by Crippen LogP contribution is -2.42. The second-order valence-corrected chi connectivity index (χ2v) is 6.11. The molecule has 1 atom stereocenters. The van der Waals surface area contributed by atoms with E-state index >= 15 is 0 Å². The highest BCUT2D eigenvalue weighted by Crippen LogP contribution is 2.37. The fourth-order valence-corrected chi connectivity index (χ4v) is 2.99. The predicted octanol–water partition coefficient (Wildman–Crippen LogP) is 2.04. The standard InChI is InChI=1S/C16H25NO2/c1-15(19,14-7-3-2-4-8-14)11-17-12-16(13-18)9-5-6-10-16/h2-4,7-8,17-19H,5-6,9-13H2,1H3. The van der Waals surface area contributed by atoms with Crippen LogP contribution in [0.4, 0.5) is 0 Å². The third kappa shape index (κ3) is 3.56. The number of aliphatic hydroxyl groups is 2. The summed E-state index contributed by atoms with van der Waals surface area (Å²) < 4.78 is 0. The van der Waals surface area contributed by atoms with Crippen LogP contribution >= 0.6 is 0 Å². The summed E-state index contributed by atoms with van der Waals surface area (Å²) in [5.41, 5.74) is 0.0930. The van der Waals surface area contributed by atoms with Crippen LogP contribution in [0.5, 0.6) is 0 Å². The Kier molecular flexibility index (Phi) is 4.61. The molecule has 0 spiro atoms. The maximum Gasteiger partial charge on any atom is 0.0992 e. The van der Waals surface area contributed by atoms with Crippen molar-refractivity contribution in [1.82, 2.24) is 5.32 Å². The summed E-state index contributed by atoms with van der Waals surface area (Å²) in [6, 6.07) is 9.72. The molecule has 1 aromatic carbocycles. The molecular formula is C16H25NO2. The van der Waals surface area contributed by atoms with E-state index < -0.39 is 5.60 Å². The summed E-state index contributed by atoms with van der Waals surface area (Å²) in [5.74, 6) is 0. The first-order valence-corrected chi connectivity index (χ1v) is 7.18. The Hall–Kier alpha value is -0.900. The van der Waals surface area contributed by atoms with Crippen molar-refractivity contribution in [3.63, 3.8) is 0 Å². The summed E-state index contributed by atoms with van der Waals surface area (Å²) in [6.07, 6.45) is 4.59. The molecule has 0 aliphatic heterocycles. The van der Waals surface area contributed by atoms with E-state index in [1.165, 1.54) is 12.8 Å². The average molecular weight is 263 g/mol. The van der Waals surface area contributed by atoms with Crippen molar-refractivity contribution in [3.05, 3.63) is 35.9 Å². The molecule has 0 radical (unpaired) electrons. The van der Waals surface area contributed by atoms with Crippen molar-refractivity contribution in [2.45, 2.75) is 38.2 Å². The minimum Gasteiger partial charge on any atom is -0.396 e. The summed E-state index contributed by atoms with van der Waals surface area (Å²) >= 11 is 0. The van der Waals surface area contributed by atoms with Crippen LogP contribution in [-0.2, 0) is 5.60 Å². The van der Waals surface area contributed by atoms with Gasteiger partial charge in [-0.05, 0) is 25.3 Å². The summed E-state index contributed by atoms with van der Waals surface area (Å²) in [4.78, 5) is 0. The average Bonchev–Trinajstić information content (AvgIpc) is 2.89. The van der Waals surface area contributed by atoms with E-state index in [1.807, 2.05) is 37.3 Å². The summed E-state index contributed by atoms with van der Waals surface area (Å²) in [6.45, 7) is 3.37. The smallest absolute Gasteiger partial charge is 0.0992 e. The van der Waals surface area contributed by atoms with E-state index in [9.17, 15) is 10.2 Å². The predicted molar refractivity (Wildman–Crippen MR) is 76.9 cm³/mol. The first-order valence-electron chi connectivity index (χ1n) is 7.18. The zero-order valence-electron chi connectivity index (χ0n) is 11.7. The van der Waals surface area contributed by atoms with E-state index in [1.54, 1.807) is 0 Å². The highest BCUT2D eigenvalue weighted by Gasteiger charge is 2.33. The Morgan fingerprint density at radius 2 is 1.84 bits per heavy atom. The molecule has 0 amide bonds. The molecule has 0 saturated heterocycles. The molecule has 1 aliphatic carbocycles. The molecule has 0 heterocycles. The maximum atomic E-state index is 10.5. The van der Waals surface area contributed by atoms with Crippen LogP contribution in [0.1, 0.15) is 38.2 Å². The Morgan fingerprint density at radius 3 is 2.42 bits per heavy atom. The molecule has 1 aliphatic rings. The van der Waals surface area contributed by atoms with Gasteiger partial charge in [-0.1, -0.05) is 43.2 Å². The number of aliphatic hydroxyl groups excluding tert-OH is 1. The molecule has 1 unspecified atom stereocenters. The van der Waals surface area contributed by atoms with Crippen LogP contribution in [0.2, 0.25) is 0 Å². The Balaban J connectivity index is 1.88. The fourth-order valence-electron chi connectivity index (χ4n) is 2.99. The molecule has 106 valence electrons. The normalized spacial score (nSPS) is 21.2. The molecule has 1 saturated carbocycles. The first kappa shape index (κ1) is 14.5. The maximum absolute atomic E-state index is 10.5. The minimum atomic E-state index is -0.865. The molecule has 19 heavy (non-hydrogen) atoms. The molecule has 0 aromatic heterocycles. The van der Waals surface area contributed by atoms with Crippen molar-refractivity contribution in [3.8, 4) is 0 Å². The van der Waals surface area contributed by atoms with Gasteiger partial charge >= 0.3 is 0 Å². The van der Waals surface area contributed by atoms with Crippen molar-refractivity contribution in [2.75, 3.05) is 19.7 Å². The van der Waals surface area contributed by atoms with Gasteiger partial charge in [-0.2, -0.15) is 0 Å². The van der Waals surface area contributed by atoms with Crippen LogP contribution in [0.15, 0.2) is 30.3 Å². The first-order chi connectivity index (χ1) is 9.08. The van der Waals surface area contributed by atoms with Gasteiger partial charge in [0, 0.05) is 25.1 Å².